The van der Waals surface area contributed by atoms with Crippen molar-refractivity contribution in [3.05, 3.63) is 48.0 Å². The fourth-order valence-corrected chi connectivity index (χ4v) is 2.63. The summed E-state index contributed by atoms with van der Waals surface area (Å²) in [6, 6.07) is 10.3. The quantitative estimate of drug-likeness (QED) is 0.838. The number of hydrogen-bond donors (Lipinski definition) is 1. The third-order valence-electron chi connectivity index (χ3n) is 3.66. The maximum atomic E-state index is 12.4. The van der Waals surface area contributed by atoms with Crippen LogP contribution in [0.3, 0.4) is 0 Å². The highest BCUT2D eigenvalue weighted by Gasteiger charge is 2.32. The molecule has 2 aliphatic rings. The molecule has 1 saturated heterocycles. The smallest absolute Gasteiger partial charge is 0.319 e. The van der Waals surface area contributed by atoms with Crippen LogP contribution in [0.5, 0.6) is 0 Å². The third kappa shape index (κ3) is 2.63. The molecule has 0 aliphatic carbocycles. The van der Waals surface area contributed by atoms with E-state index in [1.807, 2.05) is 28.0 Å². The molecule has 2 heterocycles. The summed E-state index contributed by atoms with van der Waals surface area (Å²) >= 11 is 0. The Kier molecular flexibility index (Phi) is 3.51. The van der Waals surface area contributed by atoms with Crippen LogP contribution in [0.1, 0.15) is 12.0 Å². The molecule has 1 aromatic rings. The van der Waals surface area contributed by atoms with E-state index >= 15 is 0 Å². The zero-order valence-corrected chi connectivity index (χ0v) is 11.0. The largest absolute Gasteiger partial charge is 0.321 e. The monoisotopic (exact) mass is 257 g/mol. The Labute approximate surface area is 113 Å². The number of urea groups is 1. The van der Waals surface area contributed by atoms with Gasteiger partial charge in [0.1, 0.15) is 6.17 Å². The first kappa shape index (κ1) is 12.2. The van der Waals surface area contributed by atoms with Crippen LogP contribution in [0.25, 0.3) is 0 Å². The van der Waals surface area contributed by atoms with Crippen molar-refractivity contribution in [3.8, 4) is 0 Å². The van der Waals surface area contributed by atoms with Crippen molar-refractivity contribution in [2.45, 2.75) is 19.1 Å². The van der Waals surface area contributed by atoms with Crippen molar-refractivity contribution in [1.82, 2.24) is 15.1 Å². The lowest BCUT2D eigenvalue weighted by Crippen LogP contribution is -2.47. The molecule has 2 amide bonds. The molecule has 100 valence electrons. The summed E-state index contributed by atoms with van der Waals surface area (Å²) in [7, 11) is 0. The molecular formula is C15H19N3O. The van der Waals surface area contributed by atoms with Gasteiger partial charge in [0.2, 0.25) is 0 Å². The standard InChI is InChI=1S/C15H19N3O/c19-15-17(12-13-6-2-1-3-7-13)10-11-18(15)14-8-4-5-9-16-14/h1-4,6-8,14,16H,5,9-12H2. The molecule has 0 bridgehead atoms. The predicted molar refractivity (Wildman–Crippen MR) is 74.5 cm³/mol. The highest BCUT2D eigenvalue weighted by atomic mass is 16.2. The molecular weight excluding hydrogens is 238 g/mol. The Bertz CT molecular complexity index is 472. The fraction of sp³-hybridized carbons (Fsp3) is 0.400. The molecule has 0 radical (unpaired) electrons. The lowest BCUT2D eigenvalue weighted by atomic mass is 10.2. The van der Waals surface area contributed by atoms with E-state index in [0.29, 0.717) is 6.54 Å². The lowest BCUT2D eigenvalue weighted by Gasteiger charge is -2.28. The van der Waals surface area contributed by atoms with Crippen LogP contribution < -0.4 is 5.32 Å². The number of carbonyl (C=O) groups is 1. The zero-order valence-electron chi connectivity index (χ0n) is 11.0. The fourth-order valence-electron chi connectivity index (χ4n) is 2.63. The van der Waals surface area contributed by atoms with Gasteiger partial charge in [0.15, 0.2) is 0 Å². The second-order valence-corrected chi connectivity index (χ2v) is 5.00. The van der Waals surface area contributed by atoms with Crippen molar-refractivity contribution >= 4 is 6.03 Å². The maximum absolute atomic E-state index is 12.4. The molecule has 4 heteroatoms. The van der Waals surface area contributed by atoms with Gasteiger partial charge >= 0.3 is 6.03 Å². The summed E-state index contributed by atoms with van der Waals surface area (Å²) in [5.41, 5.74) is 1.19. The van der Waals surface area contributed by atoms with Crippen molar-refractivity contribution in [2.24, 2.45) is 0 Å². The van der Waals surface area contributed by atoms with Crippen LogP contribution in [0, 0.1) is 0 Å². The molecule has 19 heavy (non-hydrogen) atoms. The summed E-state index contributed by atoms with van der Waals surface area (Å²) in [6.45, 7) is 3.25. The molecule has 0 spiro atoms. The average Bonchev–Trinajstić information content (AvgIpc) is 2.82. The molecule has 1 atom stereocenters. The van der Waals surface area contributed by atoms with Crippen LogP contribution in [-0.2, 0) is 6.54 Å². The van der Waals surface area contributed by atoms with Gasteiger partial charge in [0.25, 0.3) is 0 Å². The predicted octanol–water partition coefficient (Wildman–Crippen LogP) is 1.80. The molecule has 4 nitrogen and oxygen atoms in total. The number of nitrogens with zero attached hydrogens (tertiary/aromatic N) is 2. The van der Waals surface area contributed by atoms with E-state index in [9.17, 15) is 4.79 Å². The minimum absolute atomic E-state index is 0.0713. The molecule has 0 aromatic heterocycles. The van der Waals surface area contributed by atoms with E-state index in [4.69, 9.17) is 0 Å². The number of amides is 2. The summed E-state index contributed by atoms with van der Waals surface area (Å²) in [4.78, 5) is 16.2. The van der Waals surface area contributed by atoms with Gasteiger partial charge in [-0.3, -0.25) is 5.32 Å². The minimum Gasteiger partial charge on any atom is -0.319 e. The van der Waals surface area contributed by atoms with Gasteiger partial charge in [0, 0.05) is 26.2 Å². The lowest BCUT2D eigenvalue weighted by molar-refractivity contribution is 0.176. The van der Waals surface area contributed by atoms with Crippen molar-refractivity contribution in [1.29, 1.82) is 0 Å². The summed E-state index contributed by atoms with van der Waals surface area (Å²) in [5, 5.41) is 3.37. The first-order valence-electron chi connectivity index (χ1n) is 6.84. The molecule has 3 rings (SSSR count). The minimum atomic E-state index is 0.0713. The Hall–Kier alpha value is -1.81. The molecule has 1 unspecified atom stereocenters. The molecule has 1 N–H and O–H groups in total. The Balaban J connectivity index is 1.65. The summed E-state index contributed by atoms with van der Waals surface area (Å²) in [5.74, 6) is 0. The molecule has 1 fully saturated rings. The normalized spacial score (nSPS) is 23.2. The van der Waals surface area contributed by atoms with Gasteiger partial charge in [-0.15, -0.1) is 0 Å². The second kappa shape index (κ2) is 5.45. The van der Waals surface area contributed by atoms with Gasteiger partial charge in [-0.1, -0.05) is 42.5 Å². The van der Waals surface area contributed by atoms with Crippen LogP contribution in [0.15, 0.2) is 42.5 Å². The van der Waals surface area contributed by atoms with Gasteiger partial charge in [-0.05, 0) is 12.0 Å². The van der Waals surface area contributed by atoms with Gasteiger partial charge in [-0.2, -0.15) is 0 Å². The van der Waals surface area contributed by atoms with Crippen molar-refractivity contribution in [3.63, 3.8) is 0 Å². The van der Waals surface area contributed by atoms with Gasteiger partial charge in [0.05, 0.1) is 0 Å². The van der Waals surface area contributed by atoms with Crippen LogP contribution in [0.4, 0.5) is 4.79 Å². The van der Waals surface area contributed by atoms with Crippen molar-refractivity contribution in [2.75, 3.05) is 19.6 Å². The Morgan fingerprint density at radius 2 is 2.05 bits per heavy atom. The number of carbonyl (C=O) groups excluding carboxylic acids is 1. The van der Waals surface area contributed by atoms with E-state index in [1.54, 1.807) is 0 Å². The first-order chi connectivity index (χ1) is 9.34. The van der Waals surface area contributed by atoms with Crippen molar-refractivity contribution < 1.29 is 4.79 Å². The van der Waals surface area contributed by atoms with E-state index in [0.717, 1.165) is 26.1 Å². The SMILES string of the molecule is O=C1N(Cc2ccccc2)CCN1C1C=CCCN1. The van der Waals surface area contributed by atoms with Crippen LogP contribution in [-0.4, -0.2) is 41.6 Å². The third-order valence-corrected chi connectivity index (χ3v) is 3.66. The van der Waals surface area contributed by atoms with E-state index in [-0.39, 0.29) is 12.2 Å². The number of benzene rings is 1. The van der Waals surface area contributed by atoms with Gasteiger partial charge in [-0.25, -0.2) is 4.79 Å². The summed E-state index contributed by atoms with van der Waals surface area (Å²) < 4.78 is 0. The summed E-state index contributed by atoms with van der Waals surface area (Å²) in [6.07, 6.45) is 5.36. The number of hydrogen-bond acceptors (Lipinski definition) is 2. The van der Waals surface area contributed by atoms with Crippen LogP contribution >= 0.6 is 0 Å². The van der Waals surface area contributed by atoms with E-state index in [1.165, 1.54) is 5.56 Å². The number of nitrogens with one attached hydrogen (secondary N) is 1. The zero-order chi connectivity index (χ0) is 13.1. The van der Waals surface area contributed by atoms with E-state index < -0.39 is 0 Å². The molecule has 1 aromatic carbocycles. The first-order valence-corrected chi connectivity index (χ1v) is 6.84. The number of rotatable bonds is 3. The Morgan fingerprint density at radius 3 is 2.79 bits per heavy atom. The Morgan fingerprint density at radius 1 is 1.21 bits per heavy atom. The van der Waals surface area contributed by atoms with Gasteiger partial charge < -0.3 is 9.80 Å². The second-order valence-electron chi connectivity index (χ2n) is 5.00. The highest BCUT2D eigenvalue weighted by molar-refractivity contribution is 5.77. The maximum Gasteiger partial charge on any atom is 0.321 e. The topological polar surface area (TPSA) is 35.6 Å². The highest BCUT2D eigenvalue weighted by Crippen LogP contribution is 2.16. The van der Waals surface area contributed by atoms with Crippen LogP contribution in [0.2, 0.25) is 0 Å². The molecule has 2 aliphatic heterocycles. The van der Waals surface area contributed by atoms with E-state index in [2.05, 4.69) is 29.6 Å². The average molecular weight is 257 g/mol. The molecule has 0 saturated carbocycles.